The summed E-state index contributed by atoms with van der Waals surface area (Å²) in [6.07, 6.45) is 5.37. The first-order valence-corrected chi connectivity index (χ1v) is 8.48. The summed E-state index contributed by atoms with van der Waals surface area (Å²) in [5.74, 6) is 0.0563. The normalized spacial score (nSPS) is 17.6. The molecule has 1 amide bonds. The Hall–Kier alpha value is -2.64. The van der Waals surface area contributed by atoms with Gasteiger partial charge in [-0.1, -0.05) is 0 Å². The van der Waals surface area contributed by atoms with Crippen LogP contribution in [0.15, 0.2) is 23.3 Å². The third-order valence-electron chi connectivity index (χ3n) is 4.69. The van der Waals surface area contributed by atoms with Gasteiger partial charge in [0, 0.05) is 51.6 Å². The minimum absolute atomic E-state index is 0.0741. The molecule has 1 fully saturated rings. The average Bonchev–Trinajstić information content (AvgIpc) is 2.91. The van der Waals surface area contributed by atoms with Crippen LogP contribution in [0.3, 0.4) is 0 Å². The number of aryl methyl sites for hydroxylation is 2. The SMILES string of the molecule is Cc1nn(C)cc1CN(C)C(=O)C1CCCN(c2cn[nH]c(=O)c2)C1. The quantitative estimate of drug-likeness (QED) is 0.882. The van der Waals surface area contributed by atoms with Crippen molar-refractivity contribution in [2.24, 2.45) is 13.0 Å². The molecule has 1 N–H and O–H groups in total. The second kappa shape index (κ2) is 7.08. The lowest BCUT2D eigenvalue weighted by atomic mass is 9.96. The lowest BCUT2D eigenvalue weighted by Gasteiger charge is -2.35. The first-order valence-electron chi connectivity index (χ1n) is 8.48. The third-order valence-corrected chi connectivity index (χ3v) is 4.69. The van der Waals surface area contributed by atoms with E-state index in [-0.39, 0.29) is 17.4 Å². The van der Waals surface area contributed by atoms with Crippen LogP contribution < -0.4 is 10.5 Å². The minimum Gasteiger partial charge on any atom is -0.369 e. The molecule has 3 heterocycles. The van der Waals surface area contributed by atoms with Gasteiger partial charge in [0.25, 0.3) is 5.56 Å². The van der Waals surface area contributed by atoms with E-state index in [2.05, 4.69) is 20.2 Å². The number of carbonyl (C=O) groups is 1. The van der Waals surface area contributed by atoms with Gasteiger partial charge in [0.15, 0.2) is 0 Å². The number of anilines is 1. The fraction of sp³-hybridized carbons (Fsp3) is 0.529. The molecule has 0 radical (unpaired) electrons. The van der Waals surface area contributed by atoms with Gasteiger partial charge in [-0.3, -0.25) is 14.3 Å². The molecule has 1 aliphatic rings. The monoisotopic (exact) mass is 344 g/mol. The van der Waals surface area contributed by atoms with Gasteiger partial charge in [-0.05, 0) is 19.8 Å². The number of hydrogen-bond donors (Lipinski definition) is 1. The van der Waals surface area contributed by atoms with Crippen LogP contribution in [0.5, 0.6) is 0 Å². The van der Waals surface area contributed by atoms with E-state index in [1.54, 1.807) is 15.8 Å². The summed E-state index contributed by atoms with van der Waals surface area (Å²) in [6, 6.07) is 1.53. The number of aromatic nitrogens is 4. The molecule has 0 spiro atoms. The first-order chi connectivity index (χ1) is 11.9. The third kappa shape index (κ3) is 3.89. The average molecular weight is 344 g/mol. The molecule has 0 saturated carbocycles. The largest absolute Gasteiger partial charge is 0.369 e. The van der Waals surface area contributed by atoms with Crippen LogP contribution in [0.4, 0.5) is 5.69 Å². The van der Waals surface area contributed by atoms with Crippen LogP contribution >= 0.6 is 0 Å². The molecule has 0 bridgehead atoms. The molecule has 0 aliphatic carbocycles. The molecule has 2 aromatic heterocycles. The van der Waals surface area contributed by atoms with E-state index < -0.39 is 0 Å². The van der Waals surface area contributed by atoms with E-state index >= 15 is 0 Å². The second-order valence-corrected chi connectivity index (χ2v) is 6.70. The Bertz CT molecular complexity index is 811. The smallest absolute Gasteiger partial charge is 0.266 e. The molecule has 8 heteroatoms. The van der Waals surface area contributed by atoms with E-state index in [1.807, 2.05) is 27.2 Å². The maximum Gasteiger partial charge on any atom is 0.266 e. The van der Waals surface area contributed by atoms with E-state index in [0.717, 1.165) is 36.3 Å². The van der Waals surface area contributed by atoms with Gasteiger partial charge in [-0.25, -0.2) is 5.10 Å². The van der Waals surface area contributed by atoms with Crippen molar-refractivity contribution in [3.05, 3.63) is 40.1 Å². The zero-order chi connectivity index (χ0) is 18.0. The number of nitrogens with one attached hydrogen (secondary N) is 1. The number of rotatable bonds is 4. The Morgan fingerprint density at radius 3 is 2.96 bits per heavy atom. The molecular weight excluding hydrogens is 320 g/mol. The van der Waals surface area contributed by atoms with Crippen LogP contribution in [-0.2, 0) is 18.4 Å². The molecule has 1 atom stereocenters. The second-order valence-electron chi connectivity index (χ2n) is 6.70. The van der Waals surface area contributed by atoms with Crippen LogP contribution in [0.1, 0.15) is 24.1 Å². The Morgan fingerprint density at radius 2 is 2.28 bits per heavy atom. The fourth-order valence-corrected chi connectivity index (χ4v) is 3.40. The first kappa shape index (κ1) is 17.2. The van der Waals surface area contributed by atoms with Crippen LogP contribution in [0.25, 0.3) is 0 Å². The van der Waals surface area contributed by atoms with E-state index in [4.69, 9.17) is 0 Å². The van der Waals surface area contributed by atoms with Crippen molar-refractivity contribution in [2.45, 2.75) is 26.3 Å². The number of H-pyrrole nitrogens is 1. The molecule has 134 valence electrons. The molecule has 0 aromatic carbocycles. The Balaban J connectivity index is 1.67. The van der Waals surface area contributed by atoms with Crippen molar-refractivity contribution in [1.29, 1.82) is 0 Å². The highest BCUT2D eigenvalue weighted by Crippen LogP contribution is 2.23. The van der Waals surface area contributed by atoms with Gasteiger partial charge in [0.2, 0.25) is 5.91 Å². The van der Waals surface area contributed by atoms with Crippen molar-refractivity contribution in [3.8, 4) is 0 Å². The van der Waals surface area contributed by atoms with Crippen molar-refractivity contribution < 1.29 is 4.79 Å². The van der Waals surface area contributed by atoms with E-state index in [1.165, 1.54) is 6.07 Å². The minimum atomic E-state index is -0.227. The van der Waals surface area contributed by atoms with Crippen LogP contribution in [-0.4, -0.2) is 50.9 Å². The molecule has 1 aliphatic heterocycles. The summed E-state index contributed by atoms with van der Waals surface area (Å²) >= 11 is 0. The maximum atomic E-state index is 12.9. The highest BCUT2D eigenvalue weighted by molar-refractivity contribution is 5.79. The Kier molecular flexibility index (Phi) is 4.87. The summed E-state index contributed by atoms with van der Waals surface area (Å²) in [5.41, 5.74) is 2.55. The van der Waals surface area contributed by atoms with Gasteiger partial charge in [0.1, 0.15) is 0 Å². The summed E-state index contributed by atoms with van der Waals surface area (Å²) < 4.78 is 1.77. The summed E-state index contributed by atoms with van der Waals surface area (Å²) in [7, 11) is 3.72. The Morgan fingerprint density at radius 1 is 1.48 bits per heavy atom. The predicted octanol–water partition coefficient (Wildman–Crippen LogP) is 0.687. The van der Waals surface area contributed by atoms with Crippen molar-refractivity contribution in [2.75, 3.05) is 25.0 Å². The number of nitrogens with zero attached hydrogens (tertiary/aromatic N) is 5. The van der Waals surface area contributed by atoms with Crippen LogP contribution in [0, 0.1) is 12.8 Å². The number of hydrogen-bond acceptors (Lipinski definition) is 5. The van der Waals surface area contributed by atoms with Crippen LogP contribution in [0.2, 0.25) is 0 Å². The molecule has 25 heavy (non-hydrogen) atoms. The van der Waals surface area contributed by atoms with E-state index in [9.17, 15) is 9.59 Å². The number of carbonyl (C=O) groups excluding carboxylic acids is 1. The molecule has 8 nitrogen and oxygen atoms in total. The highest BCUT2D eigenvalue weighted by Gasteiger charge is 2.28. The topological polar surface area (TPSA) is 87.1 Å². The number of aromatic amines is 1. The standard InChI is InChI=1S/C17H24N6O2/c1-12-14(10-22(3)20-12)9-21(2)17(25)13-5-4-6-23(11-13)15-7-16(24)19-18-8-15/h7-8,10,13H,4-6,9,11H2,1-3H3,(H,19,24). The lowest BCUT2D eigenvalue weighted by molar-refractivity contribution is -0.135. The van der Waals surface area contributed by atoms with Gasteiger partial charge in [-0.2, -0.15) is 10.2 Å². The highest BCUT2D eigenvalue weighted by atomic mass is 16.2. The molecule has 3 rings (SSSR count). The van der Waals surface area contributed by atoms with Crippen molar-refractivity contribution in [1.82, 2.24) is 24.9 Å². The molecule has 1 unspecified atom stereocenters. The van der Waals surface area contributed by atoms with Gasteiger partial charge < -0.3 is 9.80 Å². The zero-order valence-electron chi connectivity index (χ0n) is 14.9. The fourth-order valence-electron chi connectivity index (χ4n) is 3.40. The van der Waals surface area contributed by atoms with Crippen molar-refractivity contribution >= 4 is 11.6 Å². The van der Waals surface area contributed by atoms with E-state index in [0.29, 0.717) is 13.1 Å². The lowest BCUT2D eigenvalue weighted by Crippen LogP contribution is -2.43. The number of amides is 1. The predicted molar refractivity (Wildman–Crippen MR) is 94.2 cm³/mol. The summed E-state index contributed by atoms with van der Waals surface area (Å²) in [4.78, 5) is 28.2. The maximum absolute atomic E-state index is 12.9. The molecule has 1 saturated heterocycles. The number of piperidine rings is 1. The van der Waals surface area contributed by atoms with Gasteiger partial charge in [-0.15, -0.1) is 0 Å². The summed E-state index contributed by atoms with van der Waals surface area (Å²) in [5, 5.41) is 10.6. The van der Waals surface area contributed by atoms with Crippen molar-refractivity contribution in [3.63, 3.8) is 0 Å². The zero-order valence-corrected chi connectivity index (χ0v) is 14.9. The van der Waals surface area contributed by atoms with Gasteiger partial charge in [0.05, 0.1) is 23.5 Å². The molecule has 2 aromatic rings. The summed E-state index contributed by atoms with van der Waals surface area (Å²) in [6.45, 7) is 3.96. The van der Waals surface area contributed by atoms with Gasteiger partial charge >= 0.3 is 0 Å². The molecular formula is C17H24N6O2. The Labute approximate surface area is 146 Å².